The van der Waals surface area contributed by atoms with E-state index in [9.17, 15) is 0 Å². The van der Waals surface area contributed by atoms with Crippen LogP contribution in [0.1, 0.15) is 23.6 Å². The molecule has 0 unspecified atom stereocenters. The Morgan fingerprint density at radius 3 is 2.55 bits per heavy atom. The third-order valence-corrected chi connectivity index (χ3v) is 3.81. The van der Waals surface area contributed by atoms with Crippen LogP contribution in [0.4, 0.5) is 0 Å². The summed E-state index contributed by atoms with van der Waals surface area (Å²) >= 11 is 6.33. The van der Waals surface area contributed by atoms with Crippen LogP contribution in [0.25, 0.3) is 0 Å². The number of hydrogen-bond acceptors (Lipinski definition) is 3. The molecule has 1 aliphatic heterocycles. The van der Waals surface area contributed by atoms with E-state index in [0.717, 1.165) is 36.8 Å². The molecule has 1 fully saturated rings. The van der Waals surface area contributed by atoms with E-state index in [4.69, 9.17) is 16.9 Å². The van der Waals surface area contributed by atoms with E-state index in [2.05, 4.69) is 29.3 Å². The maximum Gasteiger partial charge on any atom is 0.0641 e. The highest BCUT2D eigenvalue weighted by Crippen LogP contribution is 2.32. The van der Waals surface area contributed by atoms with E-state index in [0.29, 0.717) is 6.42 Å². The van der Waals surface area contributed by atoms with E-state index in [1.807, 2.05) is 12.1 Å². The Labute approximate surface area is 138 Å². The van der Waals surface area contributed by atoms with Crippen LogP contribution in [0.2, 0.25) is 5.02 Å². The van der Waals surface area contributed by atoms with Crippen molar-refractivity contribution in [2.45, 2.75) is 19.4 Å². The lowest BCUT2D eigenvalue weighted by Crippen LogP contribution is -2.45. The Balaban J connectivity index is 0.00000180. The summed E-state index contributed by atoms with van der Waals surface area (Å²) in [4.78, 5) is 2.36. The molecule has 112 valence electrons. The van der Waals surface area contributed by atoms with Crippen molar-refractivity contribution in [3.05, 3.63) is 34.3 Å². The molecule has 0 radical (unpaired) electrons. The predicted molar refractivity (Wildman–Crippen MR) is 88.1 cm³/mol. The molecular formula is C14H20Cl3N3. The summed E-state index contributed by atoms with van der Waals surface area (Å²) in [6.45, 7) is 5.96. The fourth-order valence-electron chi connectivity index (χ4n) is 2.56. The molecule has 1 atom stereocenters. The number of nitriles is 1. The van der Waals surface area contributed by atoms with Crippen molar-refractivity contribution in [2.75, 3.05) is 26.2 Å². The van der Waals surface area contributed by atoms with Gasteiger partial charge in [-0.3, -0.25) is 4.90 Å². The molecule has 0 bridgehead atoms. The Hall–Kier alpha value is -0.500. The average molecular weight is 337 g/mol. The standard InChI is InChI=1S/C14H18ClN3.2ClH/c1-11-3-2-4-12(15)14(11)13(5-6-16)18-9-7-17-8-10-18;;/h2-4,13,17H,5,7-10H2,1H3;2*1H/t13-;;/m1../s1. The smallest absolute Gasteiger partial charge is 0.0641 e. The normalized spacial score (nSPS) is 16.4. The van der Waals surface area contributed by atoms with Gasteiger partial charge in [0.05, 0.1) is 12.5 Å². The highest BCUT2D eigenvalue weighted by molar-refractivity contribution is 6.31. The maximum atomic E-state index is 9.08. The first-order valence-electron chi connectivity index (χ1n) is 6.30. The number of nitrogens with one attached hydrogen (secondary N) is 1. The van der Waals surface area contributed by atoms with Crippen molar-refractivity contribution in [3.8, 4) is 6.07 Å². The van der Waals surface area contributed by atoms with Crippen LogP contribution in [0, 0.1) is 18.3 Å². The van der Waals surface area contributed by atoms with Crippen molar-refractivity contribution in [1.82, 2.24) is 10.2 Å². The molecule has 1 aromatic rings. The van der Waals surface area contributed by atoms with Gasteiger partial charge in [-0.05, 0) is 24.1 Å². The number of aryl methyl sites for hydroxylation is 1. The molecule has 2 rings (SSSR count). The van der Waals surface area contributed by atoms with Gasteiger partial charge in [-0.15, -0.1) is 24.8 Å². The van der Waals surface area contributed by atoms with Crippen LogP contribution < -0.4 is 5.32 Å². The molecule has 1 aliphatic rings. The van der Waals surface area contributed by atoms with Gasteiger partial charge < -0.3 is 5.32 Å². The number of nitrogens with zero attached hydrogens (tertiary/aromatic N) is 2. The Kier molecular flexibility index (Phi) is 9.20. The fourth-order valence-corrected chi connectivity index (χ4v) is 2.91. The number of piperazine rings is 1. The minimum atomic E-state index is 0. The first kappa shape index (κ1) is 19.5. The number of halogens is 3. The van der Waals surface area contributed by atoms with Gasteiger partial charge in [0.1, 0.15) is 0 Å². The summed E-state index contributed by atoms with van der Waals surface area (Å²) in [5, 5.41) is 13.2. The van der Waals surface area contributed by atoms with Crippen LogP contribution in [-0.2, 0) is 0 Å². The molecule has 0 amide bonds. The predicted octanol–water partition coefficient (Wildman–Crippen LogP) is 3.35. The van der Waals surface area contributed by atoms with E-state index in [-0.39, 0.29) is 30.9 Å². The Morgan fingerprint density at radius 1 is 1.35 bits per heavy atom. The SMILES string of the molecule is Cc1cccc(Cl)c1[C@@H](CC#N)N1CCNCC1.Cl.Cl. The third-order valence-electron chi connectivity index (χ3n) is 3.48. The molecule has 3 nitrogen and oxygen atoms in total. The molecular weight excluding hydrogens is 317 g/mol. The van der Waals surface area contributed by atoms with E-state index in [1.54, 1.807) is 0 Å². The Morgan fingerprint density at radius 2 is 2.00 bits per heavy atom. The maximum absolute atomic E-state index is 9.08. The van der Waals surface area contributed by atoms with Crippen LogP contribution in [0.5, 0.6) is 0 Å². The van der Waals surface area contributed by atoms with Crippen LogP contribution in [0.3, 0.4) is 0 Å². The van der Waals surface area contributed by atoms with Crippen molar-refractivity contribution >= 4 is 36.4 Å². The molecule has 0 spiro atoms. The number of rotatable bonds is 3. The van der Waals surface area contributed by atoms with Gasteiger partial charge in [0, 0.05) is 37.2 Å². The summed E-state index contributed by atoms with van der Waals surface area (Å²) in [6, 6.07) is 8.35. The van der Waals surface area contributed by atoms with Gasteiger partial charge in [0.2, 0.25) is 0 Å². The zero-order chi connectivity index (χ0) is 13.0. The minimum absolute atomic E-state index is 0. The lowest BCUT2D eigenvalue weighted by molar-refractivity contribution is 0.175. The Bertz CT molecular complexity index is 433. The van der Waals surface area contributed by atoms with Crippen LogP contribution in [0.15, 0.2) is 18.2 Å². The molecule has 1 heterocycles. The molecule has 1 aromatic carbocycles. The lowest BCUT2D eigenvalue weighted by atomic mass is 9.97. The largest absolute Gasteiger partial charge is 0.314 e. The molecule has 1 N–H and O–H groups in total. The van der Waals surface area contributed by atoms with Gasteiger partial charge in [-0.25, -0.2) is 0 Å². The summed E-state index contributed by atoms with van der Waals surface area (Å²) in [5.41, 5.74) is 2.28. The van der Waals surface area contributed by atoms with Gasteiger partial charge in [0.15, 0.2) is 0 Å². The summed E-state index contributed by atoms with van der Waals surface area (Å²) < 4.78 is 0. The van der Waals surface area contributed by atoms with Crippen molar-refractivity contribution in [2.24, 2.45) is 0 Å². The van der Waals surface area contributed by atoms with Gasteiger partial charge in [-0.2, -0.15) is 5.26 Å². The van der Waals surface area contributed by atoms with Crippen LogP contribution in [-0.4, -0.2) is 31.1 Å². The highest BCUT2D eigenvalue weighted by atomic mass is 35.5. The second-order valence-electron chi connectivity index (χ2n) is 4.63. The molecule has 20 heavy (non-hydrogen) atoms. The van der Waals surface area contributed by atoms with Crippen molar-refractivity contribution in [1.29, 1.82) is 5.26 Å². The van der Waals surface area contributed by atoms with Gasteiger partial charge in [-0.1, -0.05) is 23.7 Å². The second kappa shape index (κ2) is 9.44. The van der Waals surface area contributed by atoms with E-state index < -0.39 is 0 Å². The van der Waals surface area contributed by atoms with Gasteiger partial charge in [0.25, 0.3) is 0 Å². The number of benzene rings is 1. The monoisotopic (exact) mass is 335 g/mol. The first-order valence-corrected chi connectivity index (χ1v) is 6.68. The summed E-state index contributed by atoms with van der Waals surface area (Å²) in [7, 11) is 0. The van der Waals surface area contributed by atoms with E-state index in [1.165, 1.54) is 5.56 Å². The summed E-state index contributed by atoms with van der Waals surface area (Å²) in [6.07, 6.45) is 0.491. The molecule has 1 saturated heterocycles. The molecule has 0 aromatic heterocycles. The van der Waals surface area contributed by atoms with E-state index >= 15 is 0 Å². The second-order valence-corrected chi connectivity index (χ2v) is 5.04. The minimum Gasteiger partial charge on any atom is -0.314 e. The first-order chi connectivity index (χ1) is 8.74. The summed E-state index contributed by atoms with van der Waals surface area (Å²) in [5.74, 6) is 0. The fraction of sp³-hybridized carbons (Fsp3) is 0.500. The van der Waals surface area contributed by atoms with Gasteiger partial charge >= 0.3 is 0 Å². The third kappa shape index (κ3) is 4.51. The topological polar surface area (TPSA) is 39.1 Å². The average Bonchev–Trinajstić information content (AvgIpc) is 2.38. The molecule has 6 heteroatoms. The van der Waals surface area contributed by atoms with Crippen LogP contribution >= 0.6 is 36.4 Å². The molecule has 0 aliphatic carbocycles. The van der Waals surface area contributed by atoms with Crippen molar-refractivity contribution in [3.63, 3.8) is 0 Å². The zero-order valence-electron chi connectivity index (χ0n) is 11.4. The highest BCUT2D eigenvalue weighted by Gasteiger charge is 2.24. The quantitative estimate of drug-likeness (QED) is 0.920. The lowest BCUT2D eigenvalue weighted by Gasteiger charge is -2.35. The zero-order valence-corrected chi connectivity index (χ0v) is 13.8. The van der Waals surface area contributed by atoms with Crippen molar-refractivity contribution < 1.29 is 0 Å². The molecule has 0 saturated carbocycles. The number of hydrogen-bond donors (Lipinski definition) is 1.